The SMILES string of the molecule is CC/C=C\C/C=C\C/C=C\C/C=C\C/C=C\C/C=C\C/C=C\C/C=C\C/C=C\CCCC(=O)NC(COC1OC(CO)C(OC2OC(CO)C(O)C(O)C2O)C(O)C1O)C(O)/C=C/CC/C=C/CC/C=C/CCCC. The molecule has 2 aliphatic rings. The lowest BCUT2D eigenvalue weighted by molar-refractivity contribution is -0.359. The lowest BCUT2D eigenvalue weighted by atomic mass is 9.97. The average Bonchev–Trinajstić information content (AvgIpc) is 3.41. The maximum Gasteiger partial charge on any atom is 0.220 e. The van der Waals surface area contributed by atoms with Gasteiger partial charge in [-0.1, -0.05) is 173 Å². The first-order valence-electron chi connectivity index (χ1n) is 27.6. The van der Waals surface area contributed by atoms with Crippen LogP contribution in [-0.4, -0.2) is 140 Å². The zero-order chi connectivity index (χ0) is 54.6. The van der Waals surface area contributed by atoms with E-state index in [0.29, 0.717) is 19.3 Å². The molecule has 12 atom stereocenters. The summed E-state index contributed by atoms with van der Waals surface area (Å²) < 4.78 is 22.6. The summed E-state index contributed by atoms with van der Waals surface area (Å²) in [5.74, 6) is -0.321. The normalized spacial score (nSPS) is 26.2. The summed E-state index contributed by atoms with van der Waals surface area (Å²) in [5, 5.41) is 86.7. The van der Waals surface area contributed by atoms with E-state index in [2.05, 4.69) is 147 Å². The van der Waals surface area contributed by atoms with E-state index in [1.165, 1.54) is 12.8 Å². The fraction of sp³-hybridized carbons (Fsp3) is 0.590. The molecule has 0 aromatic rings. The summed E-state index contributed by atoms with van der Waals surface area (Å²) in [6, 6.07) is -0.979. The Balaban J connectivity index is 1.80. The summed E-state index contributed by atoms with van der Waals surface area (Å²) >= 11 is 0. The predicted molar refractivity (Wildman–Crippen MR) is 299 cm³/mol. The molecule has 0 saturated carbocycles. The first kappa shape index (κ1) is 67.0. The molecule has 0 aromatic heterocycles. The second-order valence-corrected chi connectivity index (χ2v) is 18.6. The molecule has 0 aromatic carbocycles. The van der Waals surface area contributed by atoms with Crippen LogP contribution in [-0.2, 0) is 23.7 Å². The maximum atomic E-state index is 13.2. The Kier molecular flexibility index (Phi) is 40.1. The summed E-state index contributed by atoms with van der Waals surface area (Å²) in [7, 11) is 0. The molecule has 14 heteroatoms. The van der Waals surface area contributed by atoms with Crippen molar-refractivity contribution >= 4 is 5.91 Å². The summed E-state index contributed by atoms with van der Waals surface area (Å²) in [6.07, 6.45) is 50.4. The van der Waals surface area contributed by atoms with Gasteiger partial charge in [0, 0.05) is 6.42 Å². The Labute approximate surface area is 449 Å². The van der Waals surface area contributed by atoms with Crippen LogP contribution in [0.2, 0.25) is 0 Å². The summed E-state index contributed by atoms with van der Waals surface area (Å²) in [4.78, 5) is 13.2. The van der Waals surface area contributed by atoms with Crippen molar-refractivity contribution in [1.29, 1.82) is 0 Å². The van der Waals surface area contributed by atoms with Gasteiger partial charge in [0.15, 0.2) is 12.6 Å². The topological polar surface area (TPSA) is 228 Å². The molecule has 9 N–H and O–H groups in total. The number of amides is 1. The van der Waals surface area contributed by atoms with Gasteiger partial charge >= 0.3 is 0 Å². The van der Waals surface area contributed by atoms with Crippen LogP contribution in [0.5, 0.6) is 0 Å². The first-order chi connectivity index (χ1) is 36.6. The number of aliphatic hydroxyl groups is 8. The standard InChI is InChI=1S/C61H95NO13/c1-3-5-7-9-11-13-15-17-18-19-20-21-22-23-24-25-26-27-28-29-30-31-32-33-35-37-39-41-43-45-53(66)62-49(50(65)44-42-40-38-36-34-16-14-12-10-8-6-4-2)48-72-60-58(71)56(69)59(52(47-64)74-60)75-61-57(70)55(68)54(67)51(46-63)73-61/h5,7,10-13,17-18,20-21,23-24,26-27,29-30,32-34,36-37,39,42,44,49-52,54-61,63-65,67-71H,3-4,6,8-9,14-16,19,22,25,28,31,35,38,40-41,43,45-48H2,1-2H3,(H,62,66)/b7-5-,12-10+,13-11-,18-17-,21-20-,24-23-,27-26-,30-29-,33-32-,36-34+,39-37-,44-42+. The minimum atomic E-state index is -1.81. The highest BCUT2D eigenvalue weighted by Crippen LogP contribution is 2.30. The van der Waals surface area contributed by atoms with Gasteiger partial charge in [-0.25, -0.2) is 0 Å². The lowest BCUT2D eigenvalue weighted by Gasteiger charge is -2.46. The van der Waals surface area contributed by atoms with Crippen LogP contribution in [0.1, 0.15) is 136 Å². The van der Waals surface area contributed by atoms with Crippen molar-refractivity contribution in [3.05, 3.63) is 146 Å². The van der Waals surface area contributed by atoms with Crippen LogP contribution in [0.3, 0.4) is 0 Å². The average molecular weight is 1050 g/mol. The van der Waals surface area contributed by atoms with Crippen LogP contribution >= 0.6 is 0 Å². The molecule has 2 aliphatic heterocycles. The van der Waals surface area contributed by atoms with Crippen molar-refractivity contribution in [3.8, 4) is 0 Å². The molecule has 1 amide bonds. The minimum absolute atomic E-state index is 0.179. The number of hydrogen-bond acceptors (Lipinski definition) is 13. The van der Waals surface area contributed by atoms with Gasteiger partial charge in [0.05, 0.1) is 32.0 Å². The second kappa shape index (κ2) is 44.9. The van der Waals surface area contributed by atoms with E-state index in [1.807, 2.05) is 12.2 Å². The number of aliphatic hydroxyl groups excluding tert-OH is 8. The van der Waals surface area contributed by atoms with Crippen molar-refractivity contribution in [3.63, 3.8) is 0 Å². The van der Waals surface area contributed by atoms with Crippen LogP contribution < -0.4 is 5.32 Å². The maximum absolute atomic E-state index is 13.2. The van der Waals surface area contributed by atoms with Gasteiger partial charge in [0.2, 0.25) is 5.91 Å². The monoisotopic (exact) mass is 1050 g/mol. The van der Waals surface area contributed by atoms with Gasteiger partial charge in [-0.2, -0.15) is 0 Å². The molecule has 0 bridgehead atoms. The van der Waals surface area contributed by atoms with Gasteiger partial charge in [-0.3, -0.25) is 4.79 Å². The largest absolute Gasteiger partial charge is 0.394 e. The third-order valence-corrected chi connectivity index (χ3v) is 12.2. The van der Waals surface area contributed by atoms with Gasteiger partial charge in [0.1, 0.15) is 48.8 Å². The van der Waals surface area contributed by atoms with Gasteiger partial charge in [-0.15, -0.1) is 0 Å². The minimum Gasteiger partial charge on any atom is -0.394 e. The summed E-state index contributed by atoms with van der Waals surface area (Å²) in [6.45, 7) is 2.52. The van der Waals surface area contributed by atoms with Gasteiger partial charge in [0.25, 0.3) is 0 Å². The fourth-order valence-corrected chi connectivity index (χ4v) is 7.78. The molecular formula is C61H95NO13. The van der Waals surface area contributed by atoms with Crippen LogP contribution in [0.4, 0.5) is 0 Å². The molecule has 2 saturated heterocycles. The first-order valence-corrected chi connectivity index (χ1v) is 27.6. The van der Waals surface area contributed by atoms with Gasteiger partial charge < -0.3 is 65.1 Å². The number of ether oxygens (including phenoxy) is 4. The Morgan fingerprint density at radius 2 is 0.907 bits per heavy atom. The lowest BCUT2D eigenvalue weighted by Crippen LogP contribution is -2.65. The van der Waals surface area contributed by atoms with E-state index in [0.717, 1.165) is 83.5 Å². The van der Waals surface area contributed by atoms with Crippen LogP contribution in [0.25, 0.3) is 0 Å². The number of rotatable bonds is 40. The second-order valence-electron chi connectivity index (χ2n) is 18.6. The molecule has 14 nitrogen and oxygen atoms in total. The van der Waals surface area contributed by atoms with Crippen molar-refractivity contribution in [1.82, 2.24) is 5.32 Å². The zero-order valence-electron chi connectivity index (χ0n) is 45.0. The Morgan fingerprint density at radius 3 is 1.39 bits per heavy atom. The zero-order valence-corrected chi connectivity index (χ0v) is 45.0. The third-order valence-electron chi connectivity index (χ3n) is 12.2. The number of hydrogen-bond donors (Lipinski definition) is 9. The highest BCUT2D eigenvalue weighted by molar-refractivity contribution is 5.76. The van der Waals surface area contributed by atoms with E-state index in [1.54, 1.807) is 6.08 Å². The highest BCUT2D eigenvalue weighted by Gasteiger charge is 2.51. The molecule has 0 aliphatic carbocycles. The predicted octanol–water partition coefficient (Wildman–Crippen LogP) is 8.60. The molecule has 2 fully saturated rings. The van der Waals surface area contributed by atoms with Crippen LogP contribution in [0, 0.1) is 0 Å². The smallest absolute Gasteiger partial charge is 0.220 e. The molecular weight excluding hydrogens is 955 g/mol. The molecule has 75 heavy (non-hydrogen) atoms. The fourth-order valence-electron chi connectivity index (χ4n) is 7.78. The molecule has 2 heterocycles. The molecule has 2 rings (SSSR count). The van der Waals surface area contributed by atoms with E-state index in [9.17, 15) is 45.6 Å². The third kappa shape index (κ3) is 31.0. The quantitative estimate of drug-likeness (QED) is 0.0207. The number of unbranched alkanes of at least 4 members (excludes halogenated alkanes) is 5. The Hall–Kier alpha value is -4.13. The van der Waals surface area contributed by atoms with E-state index in [4.69, 9.17) is 18.9 Å². The molecule has 12 unspecified atom stereocenters. The van der Waals surface area contributed by atoms with Crippen molar-refractivity contribution < 1.29 is 64.6 Å². The van der Waals surface area contributed by atoms with Crippen molar-refractivity contribution in [2.45, 2.75) is 209 Å². The molecule has 0 radical (unpaired) electrons. The summed E-state index contributed by atoms with van der Waals surface area (Å²) in [5.41, 5.74) is 0. The van der Waals surface area contributed by atoms with Crippen LogP contribution in [0.15, 0.2) is 146 Å². The highest BCUT2D eigenvalue weighted by atomic mass is 16.7. The van der Waals surface area contributed by atoms with Gasteiger partial charge in [-0.05, 0) is 103 Å². The number of carbonyl (C=O) groups excluding carboxylic acids is 1. The van der Waals surface area contributed by atoms with Crippen molar-refractivity contribution in [2.75, 3.05) is 19.8 Å². The van der Waals surface area contributed by atoms with E-state index >= 15 is 0 Å². The number of carbonyl (C=O) groups is 1. The molecule has 422 valence electrons. The van der Waals surface area contributed by atoms with Crippen molar-refractivity contribution in [2.24, 2.45) is 0 Å². The molecule has 0 spiro atoms. The number of allylic oxidation sites excluding steroid dienone is 23. The Bertz CT molecular complexity index is 1810. The van der Waals surface area contributed by atoms with E-state index < -0.39 is 86.8 Å². The van der Waals surface area contributed by atoms with E-state index in [-0.39, 0.29) is 18.9 Å². The number of nitrogens with one attached hydrogen (secondary N) is 1. The Morgan fingerprint density at radius 1 is 0.493 bits per heavy atom.